The van der Waals surface area contributed by atoms with Crippen LogP contribution < -0.4 is 11.0 Å². The van der Waals surface area contributed by atoms with Gasteiger partial charge >= 0.3 is 5.69 Å². The Morgan fingerprint density at radius 2 is 2.08 bits per heavy atom. The summed E-state index contributed by atoms with van der Waals surface area (Å²) in [6.45, 7) is 2.86. The van der Waals surface area contributed by atoms with E-state index in [1.807, 2.05) is 26.2 Å². The highest BCUT2D eigenvalue weighted by Gasteiger charge is 2.34. The van der Waals surface area contributed by atoms with Crippen LogP contribution in [-0.2, 0) is 11.8 Å². The predicted octanol–water partition coefficient (Wildman–Crippen LogP) is 2.36. The van der Waals surface area contributed by atoms with Crippen LogP contribution >= 0.6 is 0 Å². The Bertz CT molecular complexity index is 999. The van der Waals surface area contributed by atoms with Gasteiger partial charge in [0.25, 0.3) is 0 Å². The van der Waals surface area contributed by atoms with E-state index in [-0.39, 0.29) is 23.7 Å². The maximum Gasteiger partial charge on any atom is 0.323 e. The highest BCUT2D eigenvalue weighted by atomic mass is 16.2. The summed E-state index contributed by atoms with van der Waals surface area (Å²) < 4.78 is 2.13. The number of hydrogen-bond acceptors (Lipinski definition) is 3. The number of benzene rings is 1. The van der Waals surface area contributed by atoms with Crippen molar-refractivity contribution in [2.24, 2.45) is 7.05 Å². The molecule has 3 N–H and O–H groups in total. The van der Waals surface area contributed by atoms with Crippen LogP contribution in [0.5, 0.6) is 0 Å². The Balaban J connectivity index is 1.51. The van der Waals surface area contributed by atoms with E-state index in [1.54, 1.807) is 18.2 Å². The summed E-state index contributed by atoms with van der Waals surface area (Å²) in [6.07, 6.45) is 4.19. The topological polar surface area (TPSA) is 85.9 Å². The number of imidazole rings is 1. The zero-order valence-corrected chi connectivity index (χ0v) is 15.0. The smallest absolute Gasteiger partial charge is 0.323 e. The second-order valence-corrected chi connectivity index (χ2v) is 6.94. The lowest BCUT2D eigenvalue weighted by molar-refractivity contribution is -0.121. The number of carbonyl (C=O) groups excluding carboxylic acids is 1. The molecule has 2 atom stereocenters. The number of aromatic nitrogens is 3. The number of rotatable bonds is 4. The first-order valence-corrected chi connectivity index (χ1v) is 8.93. The van der Waals surface area contributed by atoms with Crippen molar-refractivity contribution in [2.75, 3.05) is 11.9 Å². The highest BCUT2D eigenvalue weighted by molar-refractivity contribution is 5.96. The summed E-state index contributed by atoms with van der Waals surface area (Å²) >= 11 is 0. The Labute approximate surface area is 151 Å². The number of H-pyrrole nitrogens is 2. The molecule has 1 aliphatic heterocycles. The summed E-state index contributed by atoms with van der Waals surface area (Å²) in [6, 6.07) is 9.56. The predicted molar refractivity (Wildman–Crippen MR) is 101 cm³/mol. The van der Waals surface area contributed by atoms with E-state index in [2.05, 4.69) is 30.8 Å². The molecule has 3 heterocycles. The number of aryl methyl sites for hydroxylation is 1. The van der Waals surface area contributed by atoms with Crippen LogP contribution in [0.25, 0.3) is 11.0 Å². The van der Waals surface area contributed by atoms with Gasteiger partial charge in [0.05, 0.1) is 23.1 Å². The van der Waals surface area contributed by atoms with E-state index < -0.39 is 0 Å². The van der Waals surface area contributed by atoms with Crippen molar-refractivity contribution in [3.05, 3.63) is 52.7 Å². The number of amides is 1. The fraction of sp³-hybridized carbons (Fsp3) is 0.368. The molecule has 1 fully saturated rings. The van der Waals surface area contributed by atoms with Crippen molar-refractivity contribution in [1.82, 2.24) is 19.4 Å². The van der Waals surface area contributed by atoms with Crippen LogP contribution in [0.4, 0.5) is 5.69 Å². The second-order valence-electron chi connectivity index (χ2n) is 6.94. The number of fused-ring (bicyclic) bond motifs is 1. The van der Waals surface area contributed by atoms with Gasteiger partial charge in [0.15, 0.2) is 0 Å². The fourth-order valence-electron chi connectivity index (χ4n) is 3.90. The highest BCUT2D eigenvalue weighted by Crippen LogP contribution is 2.33. The Kier molecular flexibility index (Phi) is 4.16. The molecular formula is C19H23N5O2. The number of carbonyl (C=O) groups is 1. The van der Waals surface area contributed by atoms with Gasteiger partial charge in [-0.05, 0) is 56.6 Å². The van der Waals surface area contributed by atoms with Crippen LogP contribution in [0, 0.1) is 0 Å². The second kappa shape index (κ2) is 6.49. The van der Waals surface area contributed by atoms with Crippen LogP contribution in [0.3, 0.4) is 0 Å². The Morgan fingerprint density at radius 1 is 1.27 bits per heavy atom. The molecular weight excluding hydrogens is 330 g/mol. The first kappa shape index (κ1) is 16.7. The standard InChI is InChI=1S/C19H23N5O2/c1-12(24-10-4-6-17(24)16-5-3-9-23(16)2)18(25)20-13-7-8-14-15(11-13)22-19(26)21-14/h3,5,7-9,11-12,17H,4,6,10H2,1-2H3,(H,20,25)(H2,21,22,26)/t12-,17+/m0/s1. The average molecular weight is 353 g/mol. The molecule has 0 spiro atoms. The molecule has 3 aromatic rings. The van der Waals surface area contributed by atoms with Crippen molar-refractivity contribution in [1.29, 1.82) is 0 Å². The van der Waals surface area contributed by atoms with Crippen LogP contribution in [-0.4, -0.2) is 37.9 Å². The van der Waals surface area contributed by atoms with Gasteiger partial charge in [-0.2, -0.15) is 0 Å². The third-order valence-electron chi connectivity index (χ3n) is 5.28. The molecule has 1 aliphatic rings. The van der Waals surface area contributed by atoms with E-state index in [0.717, 1.165) is 24.9 Å². The van der Waals surface area contributed by atoms with E-state index >= 15 is 0 Å². The number of aromatic amines is 2. The Hall–Kier alpha value is -2.80. The molecule has 0 radical (unpaired) electrons. The molecule has 1 aromatic carbocycles. The van der Waals surface area contributed by atoms with Crippen molar-refractivity contribution in [3.8, 4) is 0 Å². The number of hydrogen-bond donors (Lipinski definition) is 3. The average Bonchev–Trinajstić information content (AvgIpc) is 3.31. The minimum atomic E-state index is -0.251. The summed E-state index contributed by atoms with van der Waals surface area (Å²) in [5.74, 6) is -0.0386. The van der Waals surface area contributed by atoms with Crippen LogP contribution in [0.1, 0.15) is 31.5 Å². The van der Waals surface area contributed by atoms with Crippen molar-refractivity contribution < 1.29 is 4.79 Å². The minimum Gasteiger partial charge on any atom is -0.353 e. The molecule has 0 unspecified atom stereocenters. The molecule has 26 heavy (non-hydrogen) atoms. The van der Waals surface area contributed by atoms with E-state index in [1.165, 1.54) is 5.69 Å². The third-order valence-corrected chi connectivity index (χ3v) is 5.28. The monoisotopic (exact) mass is 353 g/mol. The van der Waals surface area contributed by atoms with Crippen molar-refractivity contribution in [2.45, 2.75) is 31.8 Å². The molecule has 0 aliphatic carbocycles. The summed E-state index contributed by atoms with van der Waals surface area (Å²) in [5, 5.41) is 2.98. The molecule has 2 aromatic heterocycles. The lowest BCUT2D eigenvalue weighted by atomic mass is 10.1. The van der Waals surface area contributed by atoms with Crippen molar-refractivity contribution >= 4 is 22.6 Å². The summed E-state index contributed by atoms with van der Waals surface area (Å²) in [5.41, 5.74) is 3.08. The maximum absolute atomic E-state index is 12.8. The zero-order valence-electron chi connectivity index (χ0n) is 15.0. The van der Waals surface area contributed by atoms with Gasteiger partial charge in [-0.3, -0.25) is 9.69 Å². The first-order valence-electron chi connectivity index (χ1n) is 8.93. The third kappa shape index (κ3) is 2.94. The molecule has 1 saturated heterocycles. The quantitative estimate of drug-likeness (QED) is 0.673. The van der Waals surface area contributed by atoms with Gasteiger partial charge in [-0.15, -0.1) is 0 Å². The van der Waals surface area contributed by atoms with Crippen LogP contribution in [0.2, 0.25) is 0 Å². The molecule has 4 rings (SSSR count). The fourth-order valence-corrected chi connectivity index (χ4v) is 3.90. The van der Waals surface area contributed by atoms with Gasteiger partial charge in [-0.25, -0.2) is 4.79 Å². The van der Waals surface area contributed by atoms with Crippen LogP contribution in [0.15, 0.2) is 41.3 Å². The SMILES string of the molecule is C[C@@H](C(=O)Nc1ccc2[nH]c(=O)[nH]c2c1)N1CCC[C@@H]1c1cccn1C. The Morgan fingerprint density at radius 3 is 2.85 bits per heavy atom. The molecule has 7 nitrogen and oxygen atoms in total. The zero-order chi connectivity index (χ0) is 18.3. The van der Waals surface area contributed by atoms with Gasteiger partial charge in [0.1, 0.15) is 0 Å². The molecule has 0 saturated carbocycles. The largest absolute Gasteiger partial charge is 0.353 e. The van der Waals surface area contributed by atoms with Gasteiger partial charge in [-0.1, -0.05) is 0 Å². The lowest BCUT2D eigenvalue weighted by Crippen LogP contribution is -2.42. The number of likely N-dealkylation sites (tertiary alicyclic amines) is 1. The van der Waals surface area contributed by atoms with Gasteiger partial charge in [0.2, 0.25) is 5.91 Å². The number of nitrogens with one attached hydrogen (secondary N) is 3. The van der Waals surface area contributed by atoms with Gasteiger partial charge in [0, 0.05) is 24.6 Å². The molecule has 0 bridgehead atoms. The normalized spacial score (nSPS) is 19.1. The maximum atomic E-state index is 12.8. The van der Waals surface area contributed by atoms with E-state index in [4.69, 9.17) is 0 Å². The number of nitrogens with zero attached hydrogens (tertiary/aromatic N) is 2. The molecule has 1 amide bonds. The first-order chi connectivity index (χ1) is 12.5. The van der Waals surface area contributed by atoms with E-state index in [9.17, 15) is 9.59 Å². The minimum absolute atomic E-state index is 0.0386. The number of anilines is 1. The van der Waals surface area contributed by atoms with Crippen molar-refractivity contribution in [3.63, 3.8) is 0 Å². The summed E-state index contributed by atoms with van der Waals surface area (Å²) in [7, 11) is 2.05. The lowest BCUT2D eigenvalue weighted by Gasteiger charge is -2.30. The van der Waals surface area contributed by atoms with Gasteiger partial charge < -0.3 is 19.9 Å². The molecule has 7 heteroatoms. The summed E-state index contributed by atoms with van der Waals surface area (Å²) in [4.78, 5) is 31.9. The van der Waals surface area contributed by atoms with E-state index in [0.29, 0.717) is 11.2 Å². The molecule has 136 valence electrons.